The highest BCUT2D eigenvalue weighted by Gasteiger charge is 2.65. The van der Waals surface area contributed by atoms with E-state index >= 15 is 0 Å². The lowest BCUT2D eigenvalue weighted by atomic mass is 9.66. The number of hydrogen-bond acceptors (Lipinski definition) is 6. The first-order valence-electron chi connectivity index (χ1n) is 19.8. The van der Waals surface area contributed by atoms with E-state index in [0.29, 0.717) is 37.9 Å². The van der Waals surface area contributed by atoms with Gasteiger partial charge in [-0.05, 0) is 50.4 Å². The summed E-state index contributed by atoms with van der Waals surface area (Å²) >= 11 is 0. The van der Waals surface area contributed by atoms with Gasteiger partial charge in [0.1, 0.15) is 13.2 Å². The molecule has 0 radical (unpaired) electrons. The van der Waals surface area contributed by atoms with Gasteiger partial charge in [0.15, 0.2) is 6.35 Å². The number of carbonyl (C=O) groups excluding carboxylic acids is 2. The van der Waals surface area contributed by atoms with Crippen LogP contribution in [-0.2, 0) is 19.1 Å². The molecule has 2 saturated heterocycles. The Morgan fingerprint density at radius 3 is 1.43 bits per heavy atom. The molecule has 0 spiro atoms. The van der Waals surface area contributed by atoms with Crippen LogP contribution in [0.5, 0.6) is 0 Å². The Morgan fingerprint density at radius 2 is 1.02 bits per heavy atom. The maximum absolute atomic E-state index is 13.4. The van der Waals surface area contributed by atoms with E-state index in [4.69, 9.17) is 9.47 Å². The molecule has 2 fully saturated rings. The summed E-state index contributed by atoms with van der Waals surface area (Å²) in [5.74, 6) is 0.575. The van der Waals surface area contributed by atoms with Crippen LogP contribution >= 0.6 is 7.26 Å². The van der Waals surface area contributed by atoms with Gasteiger partial charge in [-0.2, -0.15) is 0 Å². The Balaban J connectivity index is 2.14. The van der Waals surface area contributed by atoms with Gasteiger partial charge in [0.2, 0.25) is 0 Å². The van der Waals surface area contributed by atoms with Crippen molar-refractivity contribution < 1.29 is 29.3 Å². The number of rotatable bonds is 26. The van der Waals surface area contributed by atoms with Crippen LogP contribution in [0.4, 0.5) is 0 Å². The summed E-state index contributed by atoms with van der Waals surface area (Å²) in [6.07, 6.45) is 23.8. The van der Waals surface area contributed by atoms with Gasteiger partial charge < -0.3 is 19.7 Å². The quantitative estimate of drug-likeness (QED) is 0.0536. The van der Waals surface area contributed by atoms with Crippen LogP contribution in [0.15, 0.2) is 0 Å². The molecule has 2 aliphatic heterocycles. The van der Waals surface area contributed by atoms with Crippen molar-refractivity contribution in [3.63, 3.8) is 0 Å². The molecule has 0 aromatic carbocycles. The Labute approximate surface area is 290 Å². The van der Waals surface area contributed by atoms with Crippen molar-refractivity contribution in [3.8, 4) is 0 Å². The SMILES string of the molecule is CCCCCC(CCCCC)CC(=O)OCC1(C)CC2(COC(=O)CC(CCCCC)CCCCC)CC(C)(CO)C[P+](CO)(C1)C2. The van der Waals surface area contributed by atoms with E-state index in [1.54, 1.807) is 0 Å². The number of hydrogen-bond donors (Lipinski definition) is 2. The Bertz CT molecular complexity index is 870. The molecular weight excluding hydrogens is 607 g/mol. The molecule has 2 rings (SSSR count). The minimum atomic E-state index is -1.88. The molecule has 7 heteroatoms. The molecule has 6 nitrogen and oxygen atoms in total. The van der Waals surface area contributed by atoms with Crippen molar-refractivity contribution in [1.82, 2.24) is 0 Å². The molecular formula is C40H76O6P+. The Hall–Kier alpha value is -0.710. The van der Waals surface area contributed by atoms with E-state index < -0.39 is 7.26 Å². The predicted molar refractivity (Wildman–Crippen MR) is 198 cm³/mol. The van der Waals surface area contributed by atoms with Crippen LogP contribution in [-0.4, -0.2) is 66.8 Å². The van der Waals surface area contributed by atoms with Crippen molar-refractivity contribution in [1.29, 1.82) is 0 Å². The van der Waals surface area contributed by atoms with Gasteiger partial charge in [-0.25, -0.2) is 0 Å². The molecule has 2 heterocycles. The first-order chi connectivity index (χ1) is 22.4. The van der Waals surface area contributed by atoms with Crippen LogP contribution in [0.3, 0.4) is 0 Å². The third-order valence-electron chi connectivity index (χ3n) is 11.3. The number of ether oxygens (including phenoxy) is 2. The Kier molecular flexibility index (Phi) is 19.4. The molecule has 2 N–H and O–H groups in total. The zero-order valence-electron chi connectivity index (χ0n) is 31.7. The summed E-state index contributed by atoms with van der Waals surface area (Å²) in [7, 11) is -1.88. The summed E-state index contributed by atoms with van der Waals surface area (Å²) < 4.78 is 12.3. The van der Waals surface area contributed by atoms with E-state index in [1.807, 2.05) is 0 Å². The van der Waals surface area contributed by atoms with Crippen LogP contribution < -0.4 is 0 Å². The first kappa shape index (κ1) is 42.5. The summed E-state index contributed by atoms with van der Waals surface area (Å²) in [4.78, 5) is 26.7. The maximum Gasteiger partial charge on any atom is 0.306 e. The molecule has 0 aromatic rings. The van der Waals surface area contributed by atoms with Crippen LogP contribution in [0.1, 0.15) is 170 Å². The molecule has 2 bridgehead atoms. The number of aliphatic hydroxyl groups excluding tert-OH is 2. The van der Waals surface area contributed by atoms with Crippen molar-refractivity contribution in [3.05, 3.63) is 0 Å². The van der Waals surface area contributed by atoms with Crippen molar-refractivity contribution in [2.75, 3.05) is 44.7 Å². The molecule has 0 aromatic heterocycles. The predicted octanol–water partition coefficient (Wildman–Crippen LogP) is 10.2. The van der Waals surface area contributed by atoms with Gasteiger partial charge in [0.25, 0.3) is 0 Å². The highest BCUT2D eigenvalue weighted by Crippen LogP contribution is 2.76. The number of carbonyl (C=O) groups is 2. The normalized spacial score (nSPS) is 27.4. The van der Waals surface area contributed by atoms with E-state index in [9.17, 15) is 19.8 Å². The zero-order chi connectivity index (χ0) is 34.8. The molecule has 4 atom stereocenters. The average molecular weight is 684 g/mol. The average Bonchev–Trinajstić information content (AvgIpc) is 3.02. The van der Waals surface area contributed by atoms with Crippen LogP contribution in [0, 0.1) is 28.1 Å². The minimum absolute atomic E-state index is 0.0739. The third-order valence-corrected chi connectivity index (χ3v) is 16.1. The largest absolute Gasteiger partial charge is 0.465 e. The summed E-state index contributed by atoms with van der Waals surface area (Å²) in [6.45, 7) is 14.0. The molecule has 4 unspecified atom stereocenters. The van der Waals surface area contributed by atoms with E-state index in [1.165, 1.54) is 64.2 Å². The van der Waals surface area contributed by atoms with Gasteiger partial charge in [-0.1, -0.05) is 119 Å². The lowest BCUT2D eigenvalue weighted by Crippen LogP contribution is -2.56. The maximum atomic E-state index is 13.4. The number of unbranched alkanes of at least 4 members (excludes halogenated alkanes) is 8. The zero-order valence-corrected chi connectivity index (χ0v) is 32.6. The Morgan fingerprint density at radius 1 is 0.617 bits per heavy atom. The molecule has 2 aliphatic rings. The fourth-order valence-electron chi connectivity index (χ4n) is 9.60. The number of aliphatic hydroxyl groups is 2. The molecule has 276 valence electrons. The molecule has 47 heavy (non-hydrogen) atoms. The van der Waals surface area contributed by atoms with Gasteiger partial charge in [-0.15, -0.1) is 0 Å². The second-order valence-electron chi connectivity index (χ2n) is 17.0. The molecule has 0 amide bonds. The number of fused-ring (bicyclic) bond motifs is 2. The fraction of sp³-hybridized carbons (Fsp3) is 0.950. The van der Waals surface area contributed by atoms with Gasteiger partial charge in [-0.3, -0.25) is 9.59 Å². The molecule has 0 aliphatic carbocycles. The van der Waals surface area contributed by atoms with E-state index in [2.05, 4.69) is 41.5 Å². The molecule has 0 saturated carbocycles. The van der Waals surface area contributed by atoms with E-state index in [-0.39, 0.29) is 41.1 Å². The lowest BCUT2D eigenvalue weighted by Gasteiger charge is -2.57. The van der Waals surface area contributed by atoms with Crippen LogP contribution in [0.25, 0.3) is 0 Å². The standard InChI is InChI=1S/C40H76O6P/c1-7-11-15-19-34(20-16-12-8-2)23-36(43)45-28-39(6)26-40(25-38(5,27-41)30-47(31-39,32-40)33-42)29-46-37(44)24-35(21-17-13-9-3)22-18-14-10-4/h34-35,41-42H,7-33H2,1-6H3/q+1. The minimum Gasteiger partial charge on any atom is -0.465 e. The summed E-state index contributed by atoms with van der Waals surface area (Å²) in [6, 6.07) is 0. The highest BCUT2D eigenvalue weighted by molar-refractivity contribution is 7.76. The second-order valence-corrected chi connectivity index (χ2v) is 20.9. The third kappa shape index (κ3) is 15.0. The topological polar surface area (TPSA) is 93.1 Å². The van der Waals surface area contributed by atoms with Crippen molar-refractivity contribution in [2.45, 2.75) is 170 Å². The second kappa shape index (κ2) is 21.5. The smallest absolute Gasteiger partial charge is 0.306 e. The first-order valence-corrected chi connectivity index (χ1v) is 22.3. The number of esters is 2. The van der Waals surface area contributed by atoms with Crippen molar-refractivity contribution >= 4 is 19.2 Å². The van der Waals surface area contributed by atoms with Crippen molar-refractivity contribution in [2.24, 2.45) is 28.1 Å². The lowest BCUT2D eigenvalue weighted by molar-refractivity contribution is -0.152. The highest BCUT2D eigenvalue weighted by atomic mass is 31.2. The fourth-order valence-corrected chi connectivity index (χ4v) is 15.6. The van der Waals surface area contributed by atoms with Gasteiger partial charge in [0, 0.05) is 36.3 Å². The van der Waals surface area contributed by atoms with Gasteiger partial charge in [0.05, 0.1) is 25.1 Å². The summed E-state index contributed by atoms with van der Waals surface area (Å²) in [5, 5.41) is 21.5. The summed E-state index contributed by atoms with van der Waals surface area (Å²) in [5.41, 5.74) is -0.896. The monoisotopic (exact) mass is 684 g/mol. The van der Waals surface area contributed by atoms with Crippen LogP contribution in [0.2, 0.25) is 0 Å². The van der Waals surface area contributed by atoms with Gasteiger partial charge >= 0.3 is 11.9 Å². The van der Waals surface area contributed by atoms with E-state index in [0.717, 1.165) is 69.9 Å².